The predicted octanol–water partition coefficient (Wildman–Crippen LogP) is 4.71. The van der Waals surface area contributed by atoms with E-state index >= 15 is 0 Å². The maximum Gasteiger partial charge on any atom is 0.408 e. The zero-order valence-electron chi connectivity index (χ0n) is 19.3. The Morgan fingerprint density at radius 1 is 1.09 bits per heavy atom. The smallest absolute Gasteiger partial charge is 0.408 e. The standard InChI is InChI=1S/C23H33N3O5S2/c1-23(2,3)31-22(30)25-19(10-4-5-12-24-21(28)29)20(27)26(16-18-9-7-15-33-18)13-11-17-8-6-14-32-17/h6-9,14-15,19,24H,4-5,10-13,16H2,1-3H3,(H,25,30)(H,28,29)/t19-/m0/s1. The van der Waals surface area contributed by atoms with Crippen LogP contribution in [0.4, 0.5) is 9.59 Å². The van der Waals surface area contributed by atoms with Crippen LogP contribution in [-0.4, -0.2) is 52.8 Å². The Morgan fingerprint density at radius 2 is 1.76 bits per heavy atom. The second-order valence-electron chi connectivity index (χ2n) is 8.60. The van der Waals surface area contributed by atoms with E-state index in [4.69, 9.17) is 9.84 Å². The Morgan fingerprint density at radius 3 is 2.33 bits per heavy atom. The number of alkyl carbamates (subject to hydrolysis) is 1. The molecule has 2 rings (SSSR count). The van der Waals surface area contributed by atoms with Crippen molar-refractivity contribution < 1.29 is 24.2 Å². The van der Waals surface area contributed by atoms with Crippen LogP contribution in [0.1, 0.15) is 49.8 Å². The van der Waals surface area contributed by atoms with Crippen molar-refractivity contribution >= 4 is 40.8 Å². The fourth-order valence-corrected chi connectivity index (χ4v) is 4.57. The van der Waals surface area contributed by atoms with Crippen LogP contribution in [0.5, 0.6) is 0 Å². The number of hydrogen-bond acceptors (Lipinski definition) is 6. The average molecular weight is 496 g/mol. The van der Waals surface area contributed by atoms with Crippen LogP contribution in [-0.2, 0) is 22.5 Å². The first-order valence-electron chi connectivity index (χ1n) is 10.9. The summed E-state index contributed by atoms with van der Waals surface area (Å²) in [5.41, 5.74) is -0.682. The van der Waals surface area contributed by atoms with Crippen molar-refractivity contribution in [2.75, 3.05) is 13.1 Å². The lowest BCUT2D eigenvalue weighted by Crippen LogP contribution is -2.50. The van der Waals surface area contributed by atoms with Gasteiger partial charge in [-0.25, -0.2) is 9.59 Å². The van der Waals surface area contributed by atoms with E-state index in [0.717, 1.165) is 11.3 Å². The van der Waals surface area contributed by atoms with Crippen LogP contribution >= 0.6 is 22.7 Å². The molecule has 2 heterocycles. The number of hydrogen-bond donors (Lipinski definition) is 3. The number of nitrogens with one attached hydrogen (secondary N) is 2. The lowest BCUT2D eigenvalue weighted by molar-refractivity contribution is -0.134. The SMILES string of the molecule is CC(C)(C)OC(=O)N[C@@H](CCCCNC(=O)O)C(=O)N(CCc1cccs1)Cc1cccs1. The lowest BCUT2D eigenvalue weighted by Gasteiger charge is -2.29. The molecule has 1 atom stereocenters. The van der Waals surface area contributed by atoms with Crippen molar-refractivity contribution in [3.05, 3.63) is 44.8 Å². The third-order valence-electron chi connectivity index (χ3n) is 4.63. The zero-order valence-corrected chi connectivity index (χ0v) is 21.0. The van der Waals surface area contributed by atoms with Gasteiger partial charge in [-0.15, -0.1) is 22.7 Å². The highest BCUT2D eigenvalue weighted by Gasteiger charge is 2.28. The van der Waals surface area contributed by atoms with Gasteiger partial charge in [0.1, 0.15) is 11.6 Å². The molecule has 0 aliphatic heterocycles. The van der Waals surface area contributed by atoms with Crippen molar-refractivity contribution in [1.82, 2.24) is 15.5 Å². The minimum absolute atomic E-state index is 0.169. The number of thiophene rings is 2. The van der Waals surface area contributed by atoms with E-state index in [1.165, 1.54) is 4.88 Å². The first-order chi connectivity index (χ1) is 15.6. The number of unbranched alkanes of at least 4 members (excludes halogenated alkanes) is 1. The third-order valence-corrected chi connectivity index (χ3v) is 6.43. The molecule has 0 aliphatic rings. The highest BCUT2D eigenvalue weighted by Crippen LogP contribution is 2.17. The highest BCUT2D eigenvalue weighted by atomic mass is 32.1. The average Bonchev–Trinajstić information content (AvgIpc) is 3.42. The first-order valence-corrected chi connectivity index (χ1v) is 12.7. The van der Waals surface area contributed by atoms with Crippen molar-refractivity contribution in [2.24, 2.45) is 0 Å². The molecule has 2 aromatic heterocycles. The second-order valence-corrected chi connectivity index (χ2v) is 10.7. The number of ether oxygens (including phenoxy) is 1. The van der Waals surface area contributed by atoms with Gasteiger partial charge in [-0.05, 0) is 69.3 Å². The minimum atomic E-state index is -1.08. The maximum atomic E-state index is 13.6. The zero-order chi connectivity index (χ0) is 24.3. The van der Waals surface area contributed by atoms with Gasteiger partial charge in [0, 0.05) is 22.8 Å². The number of rotatable bonds is 12. The van der Waals surface area contributed by atoms with Gasteiger partial charge >= 0.3 is 12.2 Å². The largest absolute Gasteiger partial charge is 0.465 e. The van der Waals surface area contributed by atoms with E-state index in [9.17, 15) is 14.4 Å². The van der Waals surface area contributed by atoms with Gasteiger partial charge in [0.25, 0.3) is 0 Å². The van der Waals surface area contributed by atoms with Gasteiger partial charge in [0.05, 0.1) is 6.54 Å². The van der Waals surface area contributed by atoms with Gasteiger partial charge < -0.3 is 25.4 Å². The first kappa shape index (κ1) is 26.7. The molecule has 0 spiro atoms. The molecule has 0 bridgehead atoms. The lowest BCUT2D eigenvalue weighted by atomic mass is 10.1. The monoisotopic (exact) mass is 495 g/mol. The molecule has 3 N–H and O–H groups in total. The van der Waals surface area contributed by atoms with Gasteiger partial charge in [-0.2, -0.15) is 0 Å². The molecule has 0 fully saturated rings. The molecule has 2 aromatic rings. The summed E-state index contributed by atoms with van der Waals surface area (Å²) in [7, 11) is 0. The van der Waals surface area contributed by atoms with Crippen LogP contribution in [0.2, 0.25) is 0 Å². The van der Waals surface area contributed by atoms with E-state index in [0.29, 0.717) is 38.9 Å². The molecular formula is C23H33N3O5S2. The predicted molar refractivity (Wildman–Crippen MR) is 131 cm³/mol. The fraction of sp³-hybridized carbons (Fsp3) is 0.522. The Balaban J connectivity index is 2.09. The van der Waals surface area contributed by atoms with Crippen LogP contribution in [0.3, 0.4) is 0 Å². The van der Waals surface area contributed by atoms with Gasteiger partial charge in [0.15, 0.2) is 0 Å². The molecule has 0 unspecified atom stereocenters. The van der Waals surface area contributed by atoms with E-state index < -0.39 is 23.8 Å². The summed E-state index contributed by atoms with van der Waals surface area (Å²) < 4.78 is 5.37. The fourth-order valence-electron chi connectivity index (χ4n) is 3.15. The Bertz CT molecular complexity index is 863. The molecule has 10 heteroatoms. The van der Waals surface area contributed by atoms with Gasteiger partial charge in [0.2, 0.25) is 5.91 Å². The summed E-state index contributed by atoms with van der Waals surface area (Å²) in [6.45, 7) is 6.60. The quantitative estimate of drug-likeness (QED) is 0.370. The summed E-state index contributed by atoms with van der Waals surface area (Å²) in [4.78, 5) is 40.7. The van der Waals surface area contributed by atoms with Crippen molar-refractivity contribution in [1.29, 1.82) is 0 Å². The number of amides is 3. The Labute approximate surface area is 202 Å². The van der Waals surface area contributed by atoms with E-state index in [1.807, 2.05) is 35.0 Å². The summed E-state index contributed by atoms with van der Waals surface area (Å²) in [5.74, 6) is -0.169. The molecule has 182 valence electrons. The summed E-state index contributed by atoms with van der Waals surface area (Å²) in [6.07, 6.45) is 0.538. The van der Waals surface area contributed by atoms with Gasteiger partial charge in [-0.1, -0.05) is 12.1 Å². The van der Waals surface area contributed by atoms with Crippen LogP contribution in [0.15, 0.2) is 35.0 Å². The normalized spacial score (nSPS) is 12.1. The van der Waals surface area contributed by atoms with Crippen molar-refractivity contribution in [3.8, 4) is 0 Å². The topological polar surface area (TPSA) is 108 Å². The highest BCUT2D eigenvalue weighted by molar-refractivity contribution is 7.10. The van der Waals surface area contributed by atoms with E-state index in [2.05, 4.69) is 10.6 Å². The number of carbonyl (C=O) groups excluding carboxylic acids is 2. The van der Waals surface area contributed by atoms with Gasteiger partial charge in [-0.3, -0.25) is 4.79 Å². The number of carboxylic acid groups (broad SMARTS) is 1. The minimum Gasteiger partial charge on any atom is -0.465 e. The molecule has 0 aliphatic carbocycles. The molecule has 33 heavy (non-hydrogen) atoms. The van der Waals surface area contributed by atoms with E-state index in [-0.39, 0.29) is 5.91 Å². The maximum absolute atomic E-state index is 13.6. The summed E-state index contributed by atoms with van der Waals surface area (Å²) in [6, 6.07) is 7.22. The summed E-state index contributed by atoms with van der Waals surface area (Å²) >= 11 is 3.24. The number of nitrogens with zero attached hydrogens (tertiary/aromatic N) is 1. The molecular weight excluding hydrogens is 462 g/mol. The second kappa shape index (κ2) is 13.2. The molecule has 3 amide bonds. The molecule has 8 nitrogen and oxygen atoms in total. The Hall–Kier alpha value is -2.59. The summed E-state index contributed by atoms with van der Waals surface area (Å²) in [5, 5.41) is 17.8. The van der Waals surface area contributed by atoms with Crippen LogP contribution in [0, 0.1) is 0 Å². The number of carbonyl (C=O) groups is 3. The molecule has 0 saturated heterocycles. The third kappa shape index (κ3) is 10.7. The van der Waals surface area contributed by atoms with Crippen LogP contribution < -0.4 is 10.6 Å². The van der Waals surface area contributed by atoms with E-state index in [1.54, 1.807) is 48.3 Å². The molecule has 0 radical (unpaired) electrons. The van der Waals surface area contributed by atoms with Crippen molar-refractivity contribution in [2.45, 2.75) is 64.6 Å². The van der Waals surface area contributed by atoms with Crippen LogP contribution in [0.25, 0.3) is 0 Å². The molecule has 0 saturated carbocycles. The molecule has 0 aromatic carbocycles. The Kier molecular flexibility index (Phi) is 10.7. The van der Waals surface area contributed by atoms with Crippen molar-refractivity contribution in [3.63, 3.8) is 0 Å².